The maximum Gasteiger partial charge on any atom is 0.537 e. The van der Waals surface area contributed by atoms with E-state index >= 15 is 0 Å². The molecule has 0 amide bonds. The monoisotopic (exact) mass is 544 g/mol. The fourth-order valence-electron chi connectivity index (χ4n) is 4.62. The van der Waals surface area contributed by atoms with Crippen molar-refractivity contribution in [1.82, 2.24) is 0 Å². The van der Waals surface area contributed by atoms with Gasteiger partial charge >= 0.3 is 26.5 Å². The van der Waals surface area contributed by atoms with Crippen LogP contribution in [0.25, 0.3) is 32.3 Å². The fourth-order valence-corrected chi connectivity index (χ4v) is 5.43. The van der Waals surface area contributed by atoms with Crippen molar-refractivity contribution < 1.29 is 28.0 Å². The summed E-state index contributed by atoms with van der Waals surface area (Å²) in [6, 6.07) is 37.6. The molecule has 0 aliphatic rings. The average Bonchev–Trinajstić information content (AvgIpc) is 3.00. The molecular formula is C33H21O6P. The molecule has 0 aliphatic heterocycles. The van der Waals surface area contributed by atoms with Crippen molar-refractivity contribution in [3.8, 4) is 0 Å². The first-order valence-electron chi connectivity index (χ1n) is 12.5. The summed E-state index contributed by atoms with van der Waals surface area (Å²) in [6.07, 6.45) is 0. The van der Waals surface area contributed by atoms with E-state index in [4.69, 9.17) is 13.6 Å². The van der Waals surface area contributed by atoms with Crippen molar-refractivity contribution in [2.24, 2.45) is 0 Å². The van der Waals surface area contributed by atoms with Crippen LogP contribution in [0, 0.1) is 0 Å². The van der Waals surface area contributed by atoms with Crippen molar-refractivity contribution >= 4 is 58.8 Å². The summed E-state index contributed by atoms with van der Waals surface area (Å²) < 4.78 is 16.8. The van der Waals surface area contributed by atoms with E-state index in [-0.39, 0.29) is 16.7 Å². The Morgan fingerprint density at radius 2 is 0.650 bits per heavy atom. The number of hydrogen-bond acceptors (Lipinski definition) is 6. The van der Waals surface area contributed by atoms with Gasteiger partial charge in [-0.1, -0.05) is 109 Å². The van der Waals surface area contributed by atoms with E-state index < -0.39 is 26.5 Å². The van der Waals surface area contributed by atoms with Crippen LogP contribution in [0.3, 0.4) is 0 Å². The van der Waals surface area contributed by atoms with E-state index in [1.165, 1.54) is 0 Å². The van der Waals surface area contributed by atoms with E-state index in [2.05, 4.69) is 0 Å². The third-order valence-electron chi connectivity index (χ3n) is 6.50. The second-order valence-electron chi connectivity index (χ2n) is 8.94. The van der Waals surface area contributed by atoms with Crippen LogP contribution in [-0.4, -0.2) is 17.9 Å². The Kier molecular flexibility index (Phi) is 6.92. The van der Waals surface area contributed by atoms with Crippen molar-refractivity contribution in [1.29, 1.82) is 0 Å². The van der Waals surface area contributed by atoms with E-state index in [0.29, 0.717) is 16.2 Å². The van der Waals surface area contributed by atoms with Crippen LogP contribution >= 0.6 is 8.60 Å². The molecule has 7 heteroatoms. The van der Waals surface area contributed by atoms with Gasteiger partial charge in [0.2, 0.25) is 0 Å². The second-order valence-corrected chi connectivity index (χ2v) is 9.93. The molecule has 0 saturated carbocycles. The molecule has 0 heterocycles. The Hall–Kier alpha value is -5.06. The minimum atomic E-state index is -2.76. The van der Waals surface area contributed by atoms with Gasteiger partial charge in [0.15, 0.2) is 0 Å². The summed E-state index contributed by atoms with van der Waals surface area (Å²) in [4.78, 5) is 40.0. The summed E-state index contributed by atoms with van der Waals surface area (Å²) in [5.74, 6) is -2.34. The van der Waals surface area contributed by atoms with Gasteiger partial charge < -0.3 is 13.6 Å². The van der Waals surface area contributed by atoms with Gasteiger partial charge in [-0.25, -0.2) is 14.4 Å². The van der Waals surface area contributed by atoms with Gasteiger partial charge in [-0.05, 0) is 50.5 Å². The molecule has 0 saturated heterocycles. The van der Waals surface area contributed by atoms with Crippen molar-refractivity contribution in [3.05, 3.63) is 144 Å². The Bertz CT molecular complexity index is 1680. The largest absolute Gasteiger partial charge is 0.537 e. The molecule has 6 aromatic rings. The highest BCUT2D eigenvalue weighted by Crippen LogP contribution is 2.44. The Labute approximate surface area is 230 Å². The first kappa shape index (κ1) is 25.2. The molecule has 6 nitrogen and oxygen atoms in total. The van der Waals surface area contributed by atoms with Crippen molar-refractivity contribution in [2.75, 3.05) is 0 Å². The SMILES string of the molecule is O=C(OP(OC(=O)c1cccc2ccccc12)OC(=O)c1cccc2ccccc12)c1cccc2ccccc12. The van der Waals surface area contributed by atoms with Gasteiger partial charge in [0.05, 0.1) is 16.7 Å². The molecule has 0 unspecified atom stereocenters. The molecule has 194 valence electrons. The molecule has 0 spiro atoms. The van der Waals surface area contributed by atoms with Crippen molar-refractivity contribution in [2.45, 2.75) is 0 Å². The van der Waals surface area contributed by atoms with Crippen LogP contribution in [0.4, 0.5) is 0 Å². The summed E-state index contributed by atoms with van der Waals surface area (Å²) in [6.45, 7) is 0. The zero-order valence-electron chi connectivity index (χ0n) is 21.0. The lowest BCUT2D eigenvalue weighted by Gasteiger charge is -2.16. The lowest BCUT2D eigenvalue weighted by atomic mass is 10.1. The van der Waals surface area contributed by atoms with Gasteiger partial charge in [-0.2, -0.15) is 0 Å². The maximum absolute atomic E-state index is 13.3. The molecule has 0 aliphatic carbocycles. The predicted molar refractivity (Wildman–Crippen MR) is 155 cm³/mol. The number of benzene rings is 6. The van der Waals surface area contributed by atoms with Crippen LogP contribution in [0.5, 0.6) is 0 Å². The van der Waals surface area contributed by atoms with E-state index in [1.54, 1.807) is 54.6 Å². The molecule has 0 N–H and O–H groups in total. The van der Waals surface area contributed by atoms with E-state index in [0.717, 1.165) is 16.2 Å². The van der Waals surface area contributed by atoms with Crippen LogP contribution in [0.1, 0.15) is 31.1 Å². The highest BCUT2D eigenvalue weighted by atomic mass is 31.2. The molecular weight excluding hydrogens is 523 g/mol. The van der Waals surface area contributed by atoms with Crippen LogP contribution in [-0.2, 0) is 13.6 Å². The van der Waals surface area contributed by atoms with Crippen LogP contribution in [0.2, 0.25) is 0 Å². The van der Waals surface area contributed by atoms with Crippen LogP contribution < -0.4 is 0 Å². The zero-order valence-corrected chi connectivity index (χ0v) is 21.9. The second kappa shape index (κ2) is 11.0. The highest BCUT2D eigenvalue weighted by Gasteiger charge is 2.31. The molecule has 0 fully saturated rings. The predicted octanol–water partition coefficient (Wildman–Crippen LogP) is 8.24. The standard InChI is InChI=1S/C33H21O6P/c34-31(28-19-7-13-22-10-1-4-16-25(22)28)37-40(38-32(35)29-20-8-14-23-11-2-5-17-26(23)29)39-33(36)30-21-9-15-24-12-3-6-18-27(24)30/h1-21H. The van der Waals surface area contributed by atoms with Gasteiger partial charge in [-0.15, -0.1) is 0 Å². The third kappa shape index (κ3) is 5.00. The maximum atomic E-state index is 13.3. The lowest BCUT2D eigenvalue weighted by Crippen LogP contribution is -2.12. The Balaban J connectivity index is 1.34. The molecule has 40 heavy (non-hydrogen) atoms. The fraction of sp³-hybridized carbons (Fsp3) is 0. The lowest BCUT2D eigenvalue weighted by molar-refractivity contribution is 0.0550. The molecule has 0 radical (unpaired) electrons. The first-order valence-corrected chi connectivity index (χ1v) is 13.6. The molecule has 0 aromatic heterocycles. The minimum absolute atomic E-state index is 0.257. The van der Waals surface area contributed by atoms with E-state index in [9.17, 15) is 14.4 Å². The quantitative estimate of drug-likeness (QED) is 0.197. The molecule has 0 atom stereocenters. The topological polar surface area (TPSA) is 78.9 Å². The normalized spacial score (nSPS) is 11.0. The van der Waals surface area contributed by atoms with Gasteiger partial charge in [-0.3, -0.25) is 0 Å². The number of carbonyl (C=O) groups is 3. The Morgan fingerprint density at radius 1 is 0.375 bits per heavy atom. The first-order chi connectivity index (χ1) is 19.6. The smallest absolute Gasteiger partial charge is 0.371 e. The molecule has 6 aromatic carbocycles. The van der Waals surface area contributed by atoms with Gasteiger partial charge in [0.1, 0.15) is 0 Å². The third-order valence-corrected chi connectivity index (χ3v) is 7.45. The van der Waals surface area contributed by atoms with Gasteiger partial charge in [0.25, 0.3) is 0 Å². The Morgan fingerprint density at radius 3 is 0.975 bits per heavy atom. The highest BCUT2D eigenvalue weighted by molar-refractivity contribution is 7.43. The summed E-state index contributed by atoms with van der Waals surface area (Å²) in [7, 11) is -2.76. The van der Waals surface area contributed by atoms with Crippen LogP contribution in [0.15, 0.2) is 127 Å². The molecule has 6 rings (SSSR count). The molecule has 0 bridgehead atoms. The number of fused-ring (bicyclic) bond motifs is 3. The number of carbonyl (C=O) groups excluding carboxylic acids is 3. The summed E-state index contributed by atoms with van der Waals surface area (Å²) in [5, 5.41) is 4.48. The number of rotatable bonds is 6. The average molecular weight is 544 g/mol. The zero-order chi connectivity index (χ0) is 27.5. The van der Waals surface area contributed by atoms with Crippen molar-refractivity contribution in [3.63, 3.8) is 0 Å². The van der Waals surface area contributed by atoms with Gasteiger partial charge in [0, 0.05) is 0 Å². The number of hydrogen-bond donors (Lipinski definition) is 0. The summed E-state index contributed by atoms with van der Waals surface area (Å²) >= 11 is 0. The minimum Gasteiger partial charge on any atom is -0.371 e. The summed E-state index contributed by atoms with van der Waals surface area (Å²) in [5.41, 5.74) is 0.772. The van der Waals surface area contributed by atoms with E-state index in [1.807, 2.05) is 72.8 Å².